The van der Waals surface area contributed by atoms with Gasteiger partial charge in [-0.05, 0) is 35.2 Å². The van der Waals surface area contributed by atoms with Crippen LogP contribution in [-0.2, 0) is 12.6 Å². The van der Waals surface area contributed by atoms with Crippen LogP contribution in [0.1, 0.15) is 34.3 Å². The first-order valence-corrected chi connectivity index (χ1v) is 6.50. The van der Waals surface area contributed by atoms with Crippen molar-refractivity contribution in [1.29, 1.82) is 0 Å². The minimum Gasteiger partial charge on any atom is -0.388 e. The molecule has 5 heteroatoms. The standard InChI is InChI=1S/C16H12F4O/c17-14-6-5-10(8-13(14)16(18,19)20)15(21)12-7-9-3-1-2-4-11(9)12/h1-6,8,12,15,21H,7H2. The van der Waals surface area contributed by atoms with Gasteiger partial charge in [0.05, 0.1) is 11.7 Å². The molecule has 0 saturated heterocycles. The van der Waals surface area contributed by atoms with E-state index in [-0.39, 0.29) is 11.5 Å². The quantitative estimate of drug-likeness (QED) is 0.823. The van der Waals surface area contributed by atoms with E-state index in [1.54, 1.807) is 0 Å². The summed E-state index contributed by atoms with van der Waals surface area (Å²) in [5.74, 6) is -1.57. The summed E-state index contributed by atoms with van der Waals surface area (Å²) in [6.07, 6.45) is -5.23. The molecule has 2 unspecified atom stereocenters. The average molecular weight is 296 g/mol. The molecule has 1 N–H and O–H groups in total. The number of alkyl halides is 3. The zero-order chi connectivity index (χ0) is 15.2. The van der Waals surface area contributed by atoms with E-state index >= 15 is 0 Å². The lowest BCUT2D eigenvalue weighted by Crippen LogP contribution is -2.24. The Morgan fingerprint density at radius 1 is 1.10 bits per heavy atom. The summed E-state index contributed by atoms with van der Waals surface area (Å²) in [4.78, 5) is 0. The lowest BCUT2D eigenvalue weighted by atomic mass is 9.73. The molecular formula is C16H12F4O. The maximum atomic E-state index is 13.3. The van der Waals surface area contributed by atoms with E-state index < -0.39 is 23.7 Å². The van der Waals surface area contributed by atoms with E-state index in [0.717, 1.165) is 17.2 Å². The molecular weight excluding hydrogens is 284 g/mol. The molecule has 0 saturated carbocycles. The van der Waals surface area contributed by atoms with Crippen molar-refractivity contribution in [2.24, 2.45) is 0 Å². The fourth-order valence-corrected chi connectivity index (χ4v) is 2.76. The Kier molecular flexibility index (Phi) is 3.24. The number of rotatable bonds is 2. The largest absolute Gasteiger partial charge is 0.419 e. The van der Waals surface area contributed by atoms with Gasteiger partial charge in [0, 0.05) is 5.92 Å². The first-order valence-electron chi connectivity index (χ1n) is 6.50. The van der Waals surface area contributed by atoms with Gasteiger partial charge in [0.2, 0.25) is 0 Å². The van der Waals surface area contributed by atoms with Crippen LogP contribution in [0.4, 0.5) is 17.6 Å². The second-order valence-electron chi connectivity index (χ2n) is 5.19. The predicted octanol–water partition coefficient (Wildman–Crippen LogP) is 4.22. The van der Waals surface area contributed by atoms with E-state index in [1.807, 2.05) is 24.3 Å². The fraction of sp³-hybridized carbons (Fsp3) is 0.250. The Morgan fingerprint density at radius 3 is 2.48 bits per heavy atom. The first-order chi connectivity index (χ1) is 9.88. The Hall–Kier alpha value is -1.88. The van der Waals surface area contributed by atoms with Gasteiger partial charge < -0.3 is 5.11 Å². The van der Waals surface area contributed by atoms with Gasteiger partial charge in [-0.25, -0.2) is 4.39 Å². The summed E-state index contributed by atoms with van der Waals surface area (Å²) < 4.78 is 51.4. The second kappa shape index (κ2) is 4.84. The van der Waals surface area contributed by atoms with Gasteiger partial charge in [-0.1, -0.05) is 30.3 Å². The van der Waals surface area contributed by atoms with Crippen LogP contribution in [0.15, 0.2) is 42.5 Å². The molecule has 2 aromatic carbocycles. The lowest BCUT2D eigenvalue weighted by molar-refractivity contribution is -0.140. The lowest BCUT2D eigenvalue weighted by Gasteiger charge is -2.34. The van der Waals surface area contributed by atoms with Crippen molar-refractivity contribution >= 4 is 0 Å². The number of aliphatic hydroxyl groups excluding tert-OH is 1. The maximum Gasteiger partial charge on any atom is 0.419 e. The number of hydrogen-bond acceptors (Lipinski definition) is 1. The highest BCUT2D eigenvalue weighted by Gasteiger charge is 2.37. The van der Waals surface area contributed by atoms with Crippen LogP contribution in [0, 0.1) is 5.82 Å². The molecule has 0 aliphatic heterocycles. The van der Waals surface area contributed by atoms with Gasteiger partial charge in [0.1, 0.15) is 5.82 Å². The normalized spacial score (nSPS) is 18.8. The van der Waals surface area contributed by atoms with E-state index in [2.05, 4.69) is 0 Å². The third-order valence-electron chi connectivity index (χ3n) is 3.91. The molecule has 2 atom stereocenters. The molecule has 2 aromatic rings. The van der Waals surface area contributed by atoms with Crippen molar-refractivity contribution in [3.8, 4) is 0 Å². The highest BCUT2D eigenvalue weighted by atomic mass is 19.4. The molecule has 0 radical (unpaired) electrons. The molecule has 0 aromatic heterocycles. The highest BCUT2D eigenvalue weighted by Crippen LogP contribution is 2.44. The van der Waals surface area contributed by atoms with Gasteiger partial charge in [0.15, 0.2) is 0 Å². The third-order valence-corrected chi connectivity index (χ3v) is 3.91. The molecule has 0 fully saturated rings. The molecule has 110 valence electrons. The number of hydrogen-bond donors (Lipinski definition) is 1. The van der Waals surface area contributed by atoms with Crippen molar-refractivity contribution in [3.63, 3.8) is 0 Å². The zero-order valence-corrected chi connectivity index (χ0v) is 10.9. The van der Waals surface area contributed by atoms with Gasteiger partial charge in [-0.15, -0.1) is 0 Å². The molecule has 1 nitrogen and oxygen atoms in total. The minimum absolute atomic E-state index is 0.0863. The van der Waals surface area contributed by atoms with Crippen LogP contribution in [0.3, 0.4) is 0 Å². The van der Waals surface area contributed by atoms with Crippen LogP contribution >= 0.6 is 0 Å². The van der Waals surface area contributed by atoms with Crippen LogP contribution in [-0.4, -0.2) is 5.11 Å². The Bertz CT molecular complexity index is 678. The van der Waals surface area contributed by atoms with Crippen LogP contribution in [0.25, 0.3) is 0 Å². The number of aliphatic hydroxyl groups is 1. The van der Waals surface area contributed by atoms with E-state index in [0.29, 0.717) is 12.5 Å². The number of halogens is 4. The van der Waals surface area contributed by atoms with E-state index in [1.165, 1.54) is 6.07 Å². The zero-order valence-electron chi connectivity index (χ0n) is 10.9. The summed E-state index contributed by atoms with van der Waals surface area (Å²) in [7, 11) is 0. The first kappa shape index (κ1) is 14.1. The Balaban J connectivity index is 1.92. The van der Waals surface area contributed by atoms with Crippen molar-refractivity contribution < 1.29 is 22.7 Å². The minimum atomic E-state index is -4.77. The molecule has 1 aliphatic carbocycles. The van der Waals surface area contributed by atoms with Crippen molar-refractivity contribution in [2.45, 2.75) is 24.6 Å². The summed E-state index contributed by atoms with van der Waals surface area (Å²) in [5.41, 5.74) is 0.762. The Labute approximate surface area is 118 Å². The molecule has 1 aliphatic rings. The molecule has 0 amide bonds. The molecule has 0 heterocycles. The molecule has 21 heavy (non-hydrogen) atoms. The highest BCUT2D eigenvalue weighted by molar-refractivity contribution is 5.43. The average Bonchev–Trinajstić information content (AvgIpc) is 2.39. The summed E-state index contributed by atoms with van der Waals surface area (Å²) in [6.45, 7) is 0. The van der Waals surface area contributed by atoms with Crippen molar-refractivity contribution in [2.75, 3.05) is 0 Å². The SMILES string of the molecule is OC(c1ccc(F)c(C(F)(F)F)c1)C1Cc2ccccc21. The second-order valence-corrected chi connectivity index (χ2v) is 5.19. The molecule has 0 bridgehead atoms. The summed E-state index contributed by atoms with van der Waals surface area (Å²) in [5, 5.41) is 10.3. The van der Waals surface area contributed by atoms with Gasteiger partial charge in [0.25, 0.3) is 0 Å². The fourth-order valence-electron chi connectivity index (χ4n) is 2.76. The smallest absolute Gasteiger partial charge is 0.388 e. The van der Waals surface area contributed by atoms with Crippen molar-refractivity contribution in [3.05, 3.63) is 70.5 Å². The maximum absolute atomic E-state index is 13.3. The van der Waals surface area contributed by atoms with Crippen molar-refractivity contribution in [1.82, 2.24) is 0 Å². The predicted molar refractivity (Wildman–Crippen MR) is 69.2 cm³/mol. The van der Waals surface area contributed by atoms with Crippen LogP contribution in [0.5, 0.6) is 0 Å². The third kappa shape index (κ3) is 2.42. The topological polar surface area (TPSA) is 20.2 Å². The van der Waals surface area contributed by atoms with Gasteiger partial charge in [-0.2, -0.15) is 13.2 Å². The summed E-state index contributed by atoms with van der Waals surface area (Å²) >= 11 is 0. The Morgan fingerprint density at radius 2 is 1.81 bits per heavy atom. The molecule has 3 rings (SSSR count). The van der Waals surface area contributed by atoms with E-state index in [4.69, 9.17) is 0 Å². The van der Waals surface area contributed by atoms with Gasteiger partial charge in [-0.3, -0.25) is 0 Å². The van der Waals surface area contributed by atoms with Crippen LogP contribution in [0.2, 0.25) is 0 Å². The summed E-state index contributed by atoms with van der Waals surface area (Å²) in [6, 6.07) is 10.1. The van der Waals surface area contributed by atoms with Gasteiger partial charge >= 0.3 is 6.18 Å². The number of benzene rings is 2. The van der Waals surface area contributed by atoms with E-state index in [9.17, 15) is 22.7 Å². The number of fused-ring (bicyclic) bond motifs is 1. The monoisotopic (exact) mass is 296 g/mol. The van der Waals surface area contributed by atoms with Crippen LogP contribution < -0.4 is 0 Å². The molecule has 0 spiro atoms.